The molecule has 0 bridgehead atoms. The van der Waals surface area contributed by atoms with Gasteiger partial charge in [0.25, 0.3) is 0 Å². The van der Waals surface area contributed by atoms with E-state index in [0.717, 1.165) is 45.3 Å². The van der Waals surface area contributed by atoms with Crippen molar-refractivity contribution in [3.8, 4) is 54.3 Å². The number of benzene rings is 10. The standard InChI is InChI=1S/C62H44N2S/c1-4-13-45(14-5-1)47-23-33-54(34-24-47)63(55-35-25-48(26-36-55)46-15-6-2-7-16-46)56-37-27-49(28-38-56)50-29-39-57(40-30-50)64(60-22-12-20-51-17-10-11-21-59(51)60)58-41-31-53(32-42-58)62-44-43-61(65-62)52-18-8-3-9-19-52/h1-44H. The van der Waals surface area contributed by atoms with Crippen LogP contribution in [-0.4, -0.2) is 0 Å². The molecule has 0 saturated carbocycles. The van der Waals surface area contributed by atoms with E-state index in [1.165, 1.54) is 53.9 Å². The lowest BCUT2D eigenvalue weighted by molar-refractivity contribution is 1.28. The molecule has 0 radical (unpaired) electrons. The molecule has 0 aliphatic rings. The van der Waals surface area contributed by atoms with Crippen molar-refractivity contribution < 1.29 is 0 Å². The number of hydrogen-bond acceptors (Lipinski definition) is 3. The van der Waals surface area contributed by atoms with Gasteiger partial charge in [0.2, 0.25) is 0 Å². The van der Waals surface area contributed by atoms with Crippen molar-refractivity contribution in [3.63, 3.8) is 0 Å². The number of nitrogens with zero attached hydrogens (tertiary/aromatic N) is 2. The van der Waals surface area contributed by atoms with Crippen LogP contribution in [-0.2, 0) is 0 Å². The van der Waals surface area contributed by atoms with Crippen LogP contribution < -0.4 is 9.80 Å². The summed E-state index contributed by atoms with van der Waals surface area (Å²) in [5.41, 5.74) is 16.2. The van der Waals surface area contributed by atoms with Gasteiger partial charge in [-0.2, -0.15) is 0 Å². The monoisotopic (exact) mass is 848 g/mol. The van der Waals surface area contributed by atoms with E-state index in [-0.39, 0.29) is 0 Å². The maximum atomic E-state index is 2.38. The van der Waals surface area contributed by atoms with Gasteiger partial charge in [-0.15, -0.1) is 11.3 Å². The van der Waals surface area contributed by atoms with Crippen molar-refractivity contribution >= 4 is 56.2 Å². The predicted molar refractivity (Wildman–Crippen MR) is 278 cm³/mol. The van der Waals surface area contributed by atoms with Crippen LogP contribution in [0.4, 0.5) is 34.1 Å². The van der Waals surface area contributed by atoms with E-state index < -0.39 is 0 Å². The summed E-state index contributed by atoms with van der Waals surface area (Å²) in [6.45, 7) is 0. The van der Waals surface area contributed by atoms with E-state index in [1.807, 2.05) is 11.3 Å². The Morgan fingerprint density at radius 3 is 0.954 bits per heavy atom. The van der Waals surface area contributed by atoms with E-state index in [1.54, 1.807) is 0 Å². The van der Waals surface area contributed by atoms with Crippen LogP contribution in [0.5, 0.6) is 0 Å². The van der Waals surface area contributed by atoms with Crippen molar-refractivity contribution in [3.05, 3.63) is 267 Å². The van der Waals surface area contributed by atoms with E-state index in [9.17, 15) is 0 Å². The van der Waals surface area contributed by atoms with E-state index in [0.29, 0.717) is 0 Å². The largest absolute Gasteiger partial charge is 0.311 e. The zero-order chi connectivity index (χ0) is 43.4. The summed E-state index contributed by atoms with van der Waals surface area (Å²) in [5, 5.41) is 2.42. The minimum absolute atomic E-state index is 1.09. The van der Waals surface area contributed by atoms with E-state index in [2.05, 4.69) is 277 Å². The quantitative estimate of drug-likeness (QED) is 0.128. The Morgan fingerprint density at radius 1 is 0.215 bits per heavy atom. The molecule has 0 N–H and O–H groups in total. The summed E-state index contributed by atoms with van der Waals surface area (Å²) in [6.07, 6.45) is 0. The fourth-order valence-corrected chi connectivity index (χ4v) is 9.79. The normalized spacial score (nSPS) is 11.1. The molecule has 10 aromatic carbocycles. The molecular weight excluding hydrogens is 805 g/mol. The highest BCUT2D eigenvalue weighted by Crippen LogP contribution is 2.42. The molecule has 0 saturated heterocycles. The molecule has 0 aliphatic carbocycles. The summed E-state index contributed by atoms with van der Waals surface area (Å²) < 4.78 is 0. The second-order valence-corrected chi connectivity index (χ2v) is 17.2. The van der Waals surface area contributed by atoms with Crippen molar-refractivity contribution in [1.29, 1.82) is 0 Å². The average Bonchev–Trinajstić information content (AvgIpc) is 3.89. The maximum absolute atomic E-state index is 2.38. The molecule has 65 heavy (non-hydrogen) atoms. The topological polar surface area (TPSA) is 6.48 Å². The average molecular weight is 849 g/mol. The van der Waals surface area contributed by atoms with Crippen LogP contribution in [0.2, 0.25) is 0 Å². The van der Waals surface area contributed by atoms with Gasteiger partial charge >= 0.3 is 0 Å². The van der Waals surface area contributed by atoms with Crippen LogP contribution in [0, 0.1) is 0 Å². The molecule has 2 nitrogen and oxygen atoms in total. The first-order chi connectivity index (χ1) is 32.2. The molecule has 11 aromatic rings. The second-order valence-electron chi connectivity index (χ2n) is 16.2. The number of fused-ring (bicyclic) bond motifs is 1. The predicted octanol–water partition coefficient (Wildman–Crippen LogP) is 18.2. The number of anilines is 6. The summed E-state index contributed by atoms with van der Waals surface area (Å²) >= 11 is 1.83. The Hall–Kier alpha value is -8.24. The first-order valence-corrected chi connectivity index (χ1v) is 22.9. The van der Waals surface area contributed by atoms with Gasteiger partial charge in [0.05, 0.1) is 5.69 Å². The van der Waals surface area contributed by atoms with Crippen molar-refractivity contribution in [2.75, 3.05) is 9.80 Å². The molecule has 0 amide bonds. The minimum atomic E-state index is 1.09. The first kappa shape index (κ1) is 39.6. The van der Waals surface area contributed by atoms with Gasteiger partial charge in [0, 0.05) is 43.6 Å². The number of rotatable bonds is 11. The maximum Gasteiger partial charge on any atom is 0.0540 e. The highest BCUT2D eigenvalue weighted by Gasteiger charge is 2.18. The summed E-state index contributed by atoms with van der Waals surface area (Å²) in [4.78, 5) is 7.25. The zero-order valence-electron chi connectivity index (χ0n) is 35.7. The van der Waals surface area contributed by atoms with Crippen molar-refractivity contribution in [2.24, 2.45) is 0 Å². The Kier molecular flexibility index (Phi) is 10.9. The third-order valence-electron chi connectivity index (χ3n) is 12.1. The van der Waals surface area contributed by atoms with Crippen LogP contribution in [0.15, 0.2) is 267 Å². The first-order valence-electron chi connectivity index (χ1n) is 22.1. The Labute approximate surface area is 385 Å². The van der Waals surface area contributed by atoms with Gasteiger partial charge in [-0.05, 0) is 129 Å². The molecule has 0 fully saturated rings. The highest BCUT2D eigenvalue weighted by atomic mass is 32.1. The number of hydrogen-bond donors (Lipinski definition) is 0. The molecule has 11 rings (SSSR count). The van der Waals surface area contributed by atoms with Crippen LogP contribution in [0.25, 0.3) is 65.0 Å². The van der Waals surface area contributed by atoms with Gasteiger partial charge in [0.15, 0.2) is 0 Å². The number of thiophene rings is 1. The molecule has 0 aliphatic heterocycles. The lowest BCUT2D eigenvalue weighted by Gasteiger charge is -2.27. The van der Waals surface area contributed by atoms with Gasteiger partial charge in [-0.25, -0.2) is 0 Å². The van der Waals surface area contributed by atoms with Gasteiger partial charge in [-0.3, -0.25) is 0 Å². The van der Waals surface area contributed by atoms with Gasteiger partial charge < -0.3 is 9.80 Å². The molecule has 3 heteroatoms. The summed E-state index contributed by atoms with van der Waals surface area (Å²) in [5.74, 6) is 0. The second kappa shape index (κ2) is 17.9. The lowest BCUT2D eigenvalue weighted by atomic mass is 10.0. The van der Waals surface area contributed by atoms with E-state index in [4.69, 9.17) is 0 Å². The Bertz CT molecular complexity index is 3220. The third-order valence-corrected chi connectivity index (χ3v) is 13.3. The molecule has 1 aromatic heterocycles. The lowest BCUT2D eigenvalue weighted by Crippen LogP contribution is -2.10. The fraction of sp³-hybridized carbons (Fsp3) is 0. The Balaban J connectivity index is 0.909. The fourth-order valence-electron chi connectivity index (χ4n) is 8.78. The van der Waals surface area contributed by atoms with Crippen LogP contribution in [0.3, 0.4) is 0 Å². The SMILES string of the molecule is c1ccc(-c2ccc(N(c3ccc(-c4ccccc4)cc3)c3ccc(-c4ccc(N(c5ccc(-c6ccc(-c7ccccc7)s6)cc5)c5cccc6ccccc56)cc4)cc3)cc2)cc1. The third kappa shape index (κ3) is 8.25. The highest BCUT2D eigenvalue weighted by molar-refractivity contribution is 7.18. The van der Waals surface area contributed by atoms with E-state index >= 15 is 0 Å². The molecule has 0 spiro atoms. The molecule has 0 atom stereocenters. The Morgan fingerprint density at radius 2 is 0.523 bits per heavy atom. The zero-order valence-corrected chi connectivity index (χ0v) is 36.5. The van der Waals surface area contributed by atoms with Crippen LogP contribution >= 0.6 is 11.3 Å². The van der Waals surface area contributed by atoms with Crippen molar-refractivity contribution in [1.82, 2.24) is 0 Å². The summed E-state index contributed by atoms with van der Waals surface area (Å²) in [7, 11) is 0. The summed E-state index contributed by atoms with van der Waals surface area (Å²) in [6, 6.07) is 96.1. The van der Waals surface area contributed by atoms with Gasteiger partial charge in [0.1, 0.15) is 0 Å². The molecule has 1 heterocycles. The molecule has 0 unspecified atom stereocenters. The molecular formula is C62H44N2S. The van der Waals surface area contributed by atoms with Crippen molar-refractivity contribution in [2.45, 2.75) is 0 Å². The van der Waals surface area contributed by atoms with Crippen LogP contribution in [0.1, 0.15) is 0 Å². The van der Waals surface area contributed by atoms with Gasteiger partial charge in [-0.1, -0.05) is 188 Å². The molecule has 308 valence electrons. The smallest absolute Gasteiger partial charge is 0.0540 e. The minimum Gasteiger partial charge on any atom is -0.311 e.